The summed E-state index contributed by atoms with van der Waals surface area (Å²) in [4.78, 5) is 37.9. The van der Waals surface area contributed by atoms with E-state index in [9.17, 15) is 14.4 Å². The molecule has 63 heavy (non-hydrogen) atoms. The summed E-state index contributed by atoms with van der Waals surface area (Å²) in [6.07, 6.45) is 66.8. The second-order valence-corrected chi connectivity index (χ2v) is 16.7. The van der Waals surface area contributed by atoms with Gasteiger partial charge in [0.15, 0.2) is 6.10 Å². The van der Waals surface area contributed by atoms with Crippen molar-refractivity contribution in [3.8, 4) is 0 Å². The minimum absolute atomic E-state index is 0.108. The molecule has 0 aromatic rings. The van der Waals surface area contributed by atoms with E-state index in [1.165, 1.54) is 77.0 Å². The third-order valence-electron chi connectivity index (χ3n) is 10.6. The topological polar surface area (TPSA) is 78.9 Å². The zero-order valence-corrected chi connectivity index (χ0v) is 40.8. The maximum Gasteiger partial charge on any atom is 0.306 e. The van der Waals surface area contributed by atoms with Crippen molar-refractivity contribution >= 4 is 17.9 Å². The van der Waals surface area contributed by atoms with Gasteiger partial charge in [0, 0.05) is 19.3 Å². The molecule has 1 atom stereocenters. The molecule has 6 heteroatoms. The Morgan fingerprint density at radius 3 is 1.10 bits per heavy atom. The monoisotopic (exact) mass is 875 g/mol. The predicted octanol–water partition coefficient (Wildman–Crippen LogP) is 17.0. The molecule has 0 N–H and O–H groups in total. The molecule has 0 radical (unpaired) electrons. The van der Waals surface area contributed by atoms with E-state index >= 15 is 0 Å². The number of carbonyl (C=O) groups is 3. The Morgan fingerprint density at radius 2 is 0.651 bits per heavy atom. The van der Waals surface area contributed by atoms with Crippen LogP contribution in [0.1, 0.15) is 226 Å². The predicted molar refractivity (Wildman–Crippen MR) is 270 cm³/mol. The molecule has 0 spiro atoms. The van der Waals surface area contributed by atoms with Crippen molar-refractivity contribution < 1.29 is 28.6 Å². The Kier molecular flexibility index (Phi) is 48.0. The fourth-order valence-corrected chi connectivity index (χ4v) is 6.73. The largest absolute Gasteiger partial charge is 0.462 e. The van der Waals surface area contributed by atoms with Crippen molar-refractivity contribution in [2.45, 2.75) is 232 Å². The lowest BCUT2D eigenvalue weighted by atomic mass is 10.1. The smallest absolute Gasteiger partial charge is 0.306 e. The summed E-state index contributed by atoms with van der Waals surface area (Å²) in [6.45, 7) is 6.40. The second-order valence-electron chi connectivity index (χ2n) is 16.7. The number of hydrogen-bond donors (Lipinski definition) is 0. The maximum absolute atomic E-state index is 12.8. The molecule has 0 unspecified atom stereocenters. The van der Waals surface area contributed by atoms with Crippen LogP contribution in [-0.2, 0) is 28.6 Å². The van der Waals surface area contributed by atoms with Gasteiger partial charge in [-0.3, -0.25) is 14.4 Å². The van der Waals surface area contributed by atoms with Crippen molar-refractivity contribution in [1.29, 1.82) is 0 Å². The highest BCUT2D eigenvalue weighted by Gasteiger charge is 2.19. The first-order valence-electron chi connectivity index (χ1n) is 25.7. The Labute approximate surface area is 387 Å². The molecule has 358 valence electrons. The molecule has 0 aliphatic rings. The van der Waals surface area contributed by atoms with Gasteiger partial charge in [-0.2, -0.15) is 0 Å². The molecule has 0 aliphatic carbocycles. The van der Waals surface area contributed by atoms with Crippen LogP contribution in [0.3, 0.4) is 0 Å². The average Bonchev–Trinajstić information content (AvgIpc) is 3.28. The molecular formula is C57H94O6. The number of carbonyl (C=O) groups excluding carboxylic acids is 3. The van der Waals surface area contributed by atoms with E-state index in [4.69, 9.17) is 14.2 Å². The Hall–Kier alpha value is -3.67. The van der Waals surface area contributed by atoms with Crippen LogP contribution in [0.15, 0.2) is 97.2 Å². The first kappa shape index (κ1) is 59.3. The van der Waals surface area contributed by atoms with E-state index in [1.54, 1.807) is 0 Å². The average molecular weight is 875 g/mol. The zero-order chi connectivity index (χ0) is 45.8. The Balaban J connectivity index is 4.50. The SMILES string of the molecule is CC/C=C\C/C=C\C/C=C\C/C=C\C/C=C\C/C=C\CCC(=O)OC[C@H](COC(=O)CCCCCCC/C=C\C/C=C\CCCCC)OC(=O)CCCCCCCCCCCCC. The summed E-state index contributed by atoms with van der Waals surface area (Å²) in [5, 5.41) is 0. The number of esters is 3. The summed E-state index contributed by atoms with van der Waals surface area (Å²) >= 11 is 0. The number of unbranched alkanes of at least 4 members (excludes halogenated alkanes) is 18. The van der Waals surface area contributed by atoms with E-state index in [2.05, 4.69) is 112 Å². The van der Waals surface area contributed by atoms with Gasteiger partial charge in [0.05, 0.1) is 0 Å². The Bertz CT molecular complexity index is 1280. The van der Waals surface area contributed by atoms with Crippen LogP contribution in [0, 0.1) is 0 Å². The molecule has 0 amide bonds. The summed E-state index contributed by atoms with van der Waals surface area (Å²) in [5.41, 5.74) is 0. The van der Waals surface area contributed by atoms with Crippen molar-refractivity contribution in [1.82, 2.24) is 0 Å². The van der Waals surface area contributed by atoms with Crippen molar-refractivity contribution in [3.05, 3.63) is 97.2 Å². The van der Waals surface area contributed by atoms with Crippen LogP contribution in [0.5, 0.6) is 0 Å². The van der Waals surface area contributed by atoms with Gasteiger partial charge in [0.25, 0.3) is 0 Å². The van der Waals surface area contributed by atoms with Gasteiger partial charge in [-0.05, 0) is 89.9 Å². The quantitative estimate of drug-likeness (QED) is 0.0262. The molecule has 0 heterocycles. The molecule has 0 saturated heterocycles. The minimum atomic E-state index is -0.811. The number of ether oxygens (including phenoxy) is 3. The van der Waals surface area contributed by atoms with E-state index in [0.29, 0.717) is 19.3 Å². The fraction of sp³-hybridized carbons (Fsp3) is 0.667. The van der Waals surface area contributed by atoms with Crippen LogP contribution in [0.25, 0.3) is 0 Å². The van der Waals surface area contributed by atoms with E-state index in [-0.39, 0.29) is 37.5 Å². The number of hydrogen-bond acceptors (Lipinski definition) is 6. The minimum Gasteiger partial charge on any atom is -0.462 e. The Morgan fingerprint density at radius 1 is 0.333 bits per heavy atom. The standard InChI is InChI=1S/C57H94O6/c1-4-7-10-13-16-19-22-24-26-27-28-29-31-33-36-38-41-44-47-50-56(59)62-53-54(63-57(60)51-48-45-42-39-34-21-18-15-12-9-6-3)52-61-55(58)49-46-43-40-37-35-32-30-25-23-20-17-14-11-8-5-2/h7,10,16-17,19-20,24-26,28-30,33,36,41,44,54H,4-6,8-9,11-15,18,21-23,27,31-32,34-35,37-40,42-43,45-53H2,1-3H3/b10-7-,19-16-,20-17-,26-24-,29-28-,30-25-,36-33-,44-41-/t54-/m0/s1. The first-order valence-corrected chi connectivity index (χ1v) is 25.7. The normalized spacial score (nSPS) is 12.9. The zero-order valence-electron chi connectivity index (χ0n) is 40.8. The van der Waals surface area contributed by atoms with E-state index < -0.39 is 6.10 Å². The molecule has 0 saturated carbocycles. The summed E-state index contributed by atoms with van der Waals surface area (Å²) in [6, 6.07) is 0. The third kappa shape index (κ3) is 49.2. The molecular weight excluding hydrogens is 781 g/mol. The fourth-order valence-electron chi connectivity index (χ4n) is 6.73. The van der Waals surface area contributed by atoms with Crippen LogP contribution < -0.4 is 0 Å². The van der Waals surface area contributed by atoms with Gasteiger partial charge in [0.1, 0.15) is 13.2 Å². The van der Waals surface area contributed by atoms with E-state index in [1.807, 2.05) is 6.08 Å². The van der Waals surface area contributed by atoms with Crippen LogP contribution in [0.2, 0.25) is 0 Å². The van der Waals surface area contributed by atoms with Crippen molar-refractivity contribution in [3.63, 3.8) is 0 Å². The maximum atomic E-state index is 12.8. The molecule has 6 nitrogen and oxygen atoms in total. The number of rotatable bonds is 45. The summed E-state index contributed by atoms with van der Waals surface area (Å²) in [7, 11) is 0. The van der Waals surface area contributed by atoms with Crippen LogP contribution in [0.4, 0.5) is 0 Å². The first-order chi connectivity index (χ1) is 31.0. The molecule has 0 aromatic carbocycles. The molecule has 0 aliphatic heterocycles. The molecule has 0 rings (SSSR count). The van der Waals surface area contributed by atoms with Gasteiger partial charge >= 0.3 is 17.9 Å². The van der Waals surface area contributed by atoms with Crippen molar-refractivity contribution in [2.75, 3.05) is 13.2 Å². The van der Waals surface area contributed by atoms with Gasteiger partial charge in [-0.15, -0.1) is 0 Å². The third-order valence-corrected chi connectivity index (χ3v) is 10.6. The highest BCUT2D eigenvalue weighted by Crippen LogP contribution is 2.14. The number of allylic oxidation sites excluding steroid dienone is 16. The lowest BCUT2D eigenvalue weighted by molar-refractivity contribution is -0.166. The highest BCUT2D eigenvalue weighted by molar-refractivity contribution is 5.71. The second kappa shape index (κ2) is 51.0. The summed E-state index contributed by atoms with van der Waals surface area (Å²) < 4.78 is 16.7. The van der Waals surface area contributed by atoms with Gasteiger partial charge in [0.2, 0.25) is 0 Å². The molecule has 0 aromatic heterocycles. The van der Waals surface area contributed by atoms with E-state index in [0.717, 1.165) is 103 Å². The lowest BCUT2D eigenvalue weighted by Gasteiger charge is -2.18. The van der Waals surface area contributed by atoms with Gasteiger partial charge in [-0.1, -0.05) is 214 Å². The van der Waals surface area contributed by atoms with Crippen LogP contribution >= 0.6 is 0 Å². The van der Waals surface area contributed by atoms with Gasteiger partial charge < -0.3 is 14.2 Å². The molecule has 0 fully saturated rings. The highest BCUT2D eigenvalue weighted by atomic mass is 16.6. The lowest BCUT2D eigenvalue weighted by Crippen LogP contribution is -2.30. The van der Waals surface area contributed by atoms with Gasteiger partial charge in [-0.25, -0.2) is 0 Å². The molecule has 0 bridgehead atoms. The van der Waals surface area contributed by atoms with Crippen LogP contribution in [-0.4, -0.2) is 37.2 Å². The van der Waals surface area contributed by atoms with Crippen molar-refractivity contribution in [2.24, 2.45) is 0 Å². The summed E-state index contributed by atoms with van der Waals surface area (Å²) in [5.74, 6) is -1.01.